The van der Waals surface area contributed by atoms with Crippen LogP contribution >= 0.6 is 23.2 Å². The van der Waals surface area contributed by atoms with Gasteiger partial charge in [0.2, 0.25) is 5.91 Å². The van der Waals surface area contributed by atoms with Gasteiger partial charge in [-0.15, -0.1) is 0 Å². The maximum atomic E-state index is 11.8. The second-order valence-corrected chi connectivity index (χ2v) is 5.71. The van der Waals surface area contributed by atoms with Gasteiger partial charge in [-0.05, 0) is 25.0 Å². The number of halogens is 2. The van der Waals surface area contributed by atoms with Gasteiger partial charge in [0.1, 0.15) is 0 Å². The fraction of sp³-hybridized carbons (Fsp3) is 0.462. The van der Waals surface area contributed by atoms with Crippen LogP contribution in [-0.2, 0) is 4.79 Å². The Bertz CT molecular complexity index is 498. The van der Waals surface area contributed by atoms with E-state index >= 15 is 0 Å². The number of amides is 1. The number of carbonyl (C=O) groups excluding carboxylic acids is 1. The highest BCUT2D eigenvalue weighted by molar-refractivity contribution is 6.42. The summed E-state index contributed by atoms with van der Waals surface area (Å²) in [5.41, 5.74) is 1.77. The molecule has 0 spiro atoms. The third kappa shape index (κ3) is 2.06. The molecule has 5 heteroatoms. The summed E-state index contributed by atoms with van der Waals surface area (Å²) in [6.45, 7) is 0.412. The van der Waals surface area contributed by atoms with Crippen LogP contribution in [0.2, 0.25) is 10.0 Å². The summed E-state index contributed by atoms with van der Waals surface area (Å²) in [4.78, 5) is 13.9. The Kier molecular flexibility index (Phi) is 3.12. The summed E-state index contributed by atoms with van der Waals surface area (Å²) in [6, 6.07) is 4.04. The van der Waals surface area contributed by atoms with Gasteiger partial charge < -0.3 is 10.2 Å². The predicted octanol–water partition coefficient (Wildman–Crippen LogP) is 3.69. The van der Waals surface area contributed by atoms with Crippen LogP contribution in [0.25, 0.3) is 0 Å². The topological polar surface area (TPSA) is 32.3 Å². The highest BCUT2D eigenvalue weighted by atomic mass is 35.5. The van der Waals surface area contributed by atoms with Crippen molar-refractivity contribution in [2.24, 2.45) is 0 Å². The second kappa shape index (κ2) is 4.63. The summed E-state index contributed by atoms with van der Waals surface area (Å²) in [5, 5.41) is 3.87. The number of carbonyl (C=O) groups is 1. The average Bonchev–Trinajstić information content (AvgIpc) is 2.84. The fourth-order valence-corrected chi connectivity index (χ4v) is 3.17. The molecular weight excluding hydrogens is 271 g/mol. The Balaban J connectivity index is 2.02. The molecule has 0 radical (unpaired) electrons. The highest BCUT2D eigenvalue weighted by Gasteiger charge is 2.30. The molecule has 1 aromatic rings. The zero-order valence-corrected chi connectivity index (χ0v) is 11.4. The van der Waals surface area contributed by atoms with Crippen molar-refractivity contribution in [3.05, 3.63) is 22.2 Å². The second-order valence-electron chi connectivity index (χ2n) is 4.90. The lowest BCUT2D eigenvalue weighted by atomic mass is 10.1. The molecule has 1 amide bonds. The molecule has 1 saturated carbocycles. The zero-order chi connectivity index (χ0) is 12.7. The molecule has 1 fully saturated rings. The van der Waals surface area contributed by atoms with E-state index in [0.717, 1.165) is 24.2 Å². The Morgan fingerprint density at radius 1 is 1.17 bits per heavy atom. The van der Waals surface area contributed by atoms with Crippen molar-refractivity contribution in [2.45, 2.75) is 31.7 Å². The molecule has 0 aromatic heterocycles. The van der Waals surface area contributed by atoms with Crippen molar-refractivity contribution in [3.63, 3.8) is 0 Å². The molecule has 0 atom stereocenters. The number of fused-ring (bicyclic) bond motifs is 1. The van der Waals surface area contributed by atoms with Crippen LogP contribution in [0.1, 0.15) is 25.7 Å². The first kappa shape index (κ1) is 12.1. The molecule has 0 bridgehead atoms. The van der Waals surface area contributed by atoms with Crippen LogP contribution in [0.3, 0.4) is 0 Å². The van der Waals surface area contributed by atoms with Gasteiger partial charge >= 0.3 is 0 Å². The summed E-state index contributed by atoms with van der Waals surface area (Å²) in [7, 11) is 0. The lowest BCUT2D eigenvalue weighted by Gasteiger charge is -2.35. The van der Waals surface area contributed by atoms with Crippen LogP contribution in [0, 0.1) is 0 Å². The third-order valence-electron chi connectivity index (χ3n) is 3.70. The van der Waals surface area contributed by atoms with E-state index in [1.54, 1.807) is 6.07 Å². The molecule has 3 nitrogen and oxygen atoms in total. The van der Waals surface area contributed by atoms with Crippen LogP contribution in [-0.4, -0.2) is 18.5 Å². The number of nitrogens with zero attached hydrogens (tertiary/aromatic N) is 1. The predicted molar refractivity (Wildman–Crippen MR) is 74.7 cm³/mol. The number of rotatable bonds is 1. The van der Waals surface area contributed by atoms with Gasteiger partial charge in [0.15, 0.2) is 0 Å². The molecule has 1 heterocycles. The van der Waals surface area contributed by atoms with Crippen molar-refractivity contribution < 1.29 is 4.79 Å². The van der Waals surface area contributed by atoms with Gasteiger partial charge in [-0.3, -0.25) is 4.79 Å². The first-order chi connectivity index (χ1) is 8.65. The molecule has 0 unspecified atom stereocenters. The van der Waals surface area contributed by atoms with Crippen molar-refractivity contribution in [1.29, 1.82) is 0 Å². The van der Waals surface area contributed by atoms with Crippen LogP contribution in [0.15, 0.2) is 12.1 Å². The number of hydrogen-bond acceptors (Lipinski definition) is 2. The minimum Gasteiger partial charge on any atom is -0.358 e. The summed E-state index contributed by atoms with van der Waals surface area (Å²) in [5.74, 6) is 0.0211. The van der Waals surface area contributed by atoms with Crippen molar-refractivity contribution in [2.75, 3.05) is 16.8 Å². The van der Waals surface area contributed by atoms with Crippen LogP contribution in [0.5, 0.6) is 0 Å². The average molecular weight is 285 g/mol. The largest absolute Gasteiger partial charge is 0.358 e. The minimum atomic E-state index is 0.0211. The SMILES string of the molecule is O=C1CN(C2CCCC2)c2cc(Cl)c(Cl)cc2N1. The summed E-state index contributed by atoms with van der Waals surface area (Å²) < 4.78 is 0. The Morgan fingerprint density at radius 3 is 2.56 bits per heavy atom. The van der Waals surface area contributed by atoms with E-state index in [0.29, 0.717) is 22.6 Å². The van der Waals surface area contributed by atoms with Gasteiger partial charge in [0, 0.05) is 6.04 Å². The lowest BCUT2D eigenvalue weighted by Crippen LogP contribution is -2.43. The summed E-state index contributed by atoms with van der Waals surface area (Å²) in [6.07, 6.45) is 4.76. The molecule has 1 aromatic carbocycles. The number of benzene rings is 1. The number of anilines is 2. The van der Waals surface area contributed by atoms with Crippen molar-refractivity contribution >= 4 is 40.5 Å². The standard InChI is InChI=1S/C13H14Cl2N2O/c14-9-5-11-12(6-10(9)15)17(7-13(18)16-11)8-3-1-2-4-8/h5-6,8H,1-4,7H2,(H,16,18). The van der Waals surface area contributed by atoms with E-state index in [1.807, 2.05) is 6.07 Å². The van der Waals surface area contributed by atoms with Crippen LogP contribution < -0.4 is 10.2 Å². The molecular formula is C13H14Cl2N2O. The maximum absolute atomic E-state index is 11.8. The van der Waals surface area contributed by atoms with Gasteiger partial charge in [-0.1, -0.05) is 36.0 Å². The molecule has 3 rings (SSSR count). The van der Waals surface area contributed by atoms with E-state index in [2.05, 4.69) is 10.2 Å². The van der Waals surface area contributed by atoms with E-state index in [9.17, 15) is 4.79 Å². The van der Waals surface area contributed by atoms with Gasteiger partial charge in [-0.2, -0.15) is 0 Å². The first-order valence-electron chi connectivity index (χ1n) is 6.20. The van der Waals surface area contributed by atoms with Crippen molar-refractivity contribution in [1.82, 2.24) is 0 Å². The smallest absolute Gasteiger partial charge is 0.243 e. The van der Waals surface area contributed by atoms with Gasteiger partial charge in [0.05, 0.1) is 28.0 Å². The minimum absolute atomic E-state index is 0.0211. The normalized spacial score (nSPS) is 19.9. The van der Waals surface area contributed by atoms with E-state index in [4.69, 9.17) is 23.2 Å². The van der Waals surface area contributed by atoms with E-state index in [-0.39, 0.29) is 5.91 Å². The molecule has 18 heavy (non-hydrogen) atoms. The van der Waals surface area contributed by atoms with E-state index < -0.39 is 0 Å². The zero-order valence-electron chi connectivity index (χ0n) is 9.88. The summed E-state index contributed by atoms with van der Waals surface area (Å²) >= 11 is 12.1. The number of hydrogen-bond donors (Lipinski definition) is 1. The van der Waals surface area contributed by atoms with E-state index in [1.165, 1.54) is 12.8 Å². The van der Waals surface area contributed by atoms with Crippen molar-refractivity contribution in [3.8, 4) is 0 Å². The molecule has 1 aliphatic heterocycles. The number of nitrogens with one attached hydrogen (secondary N) is 1. The quantitative estimate of drug-likeness (QED) is 0.853. The molecule has 1 N–H and O–H groups in total. The first-order valence-corrected chi connectivity index (χ1v) is 6.96. The monoisotopic (exact) mass is 284 g/mol. The lowest BCUT2D eigenvalue weighted by molar-refractivity contribution is -0.115. The van der Waals surface area contributed by atoms with Gasteiger partial charge in [-0.25, -0.2) is 0 Å². The fourth-order valence-electron chi connectivity index (χ4n) is 2.85. The Hall–Kier alpha value is -0.930. The Labute approximate surface area is 116 Å². The third-order valence-corrected chi connectivity index (χ3v) is 4.42. The Morgan fingerprint density at radius 2 is 1.83 bits per heavy atom. The van der Waals surface area contributed by atoms with Gasteiger partial charge in [0.25, 0.3) is 0 Å². The molecule has 1 aliphatic carbocycles. The highest BCUT2D eigenvalue weighted by Crippen LogP contribution is 2.39. The van der Waals surface area contributed by atoms with Crippen LogP contribution in [0.4, 0.5) is 11.4 Å². The molecule has 0 saturated heterocycles. The maximum Gasteiger partial charge on any atom is 0.243 e. The molecule has 2 aliphatic rings. The molecule has 96 valence electrons.